The summed E-state index contributed by atoms with van der Waals surface area (Å²) in [4.78, 5) is 12.0. The van der Waals surface area contributed by atoms with Gasteiger partial charge in [0.15, 0.2) is 0 Å². The van der Waals surface area contributed by atoms with E-state index < -0.39 is 0 Å². The summed E-state index contributed by atoms with van der Waals surface area (Å²) in [6.07, 6.45) is 6.96. The summed E-state index contributed by atoms with van der Waals surface area (Å²) in [7, 11) is 0. The second-order valence-corrected chi connectivity index (χ2v) is 4.76. The first kappa shape index (κ1) is 10.6. The first-order valence-corrected chi connectivity index (χ1v) is 6.32. The van der Waals surface area contributed by atoms with Gasteiger partial charge in [0.25, 0.3) is 5.91 Å². The number of allylic oxidation sites excluding steroid dienone is 2. The first-order valence-electron chi connectivity index (χ1n) is 6.32. The number of nitrogens with one attached hydrogen (secondary N) is 1. The number of fused-ring (bicyclic) bond motifs is 1. The monoisotopic (exact) mass is 231 g/mol. The van der Waals surface area contributed by atoms with Crippen molar-refractivity contribution in [3.05, 3.63) is 23.0 Å². The van der Waals surface area contributed by atoms with Gasteiger partial charge >= 0.3 is 0 Å². The zero-order valence-corrected chi connectivity index (χ0v) is 10.1. The number of aryl methyl sites for hydroxylation is 1. The Morgan fingerprint density at radius 3 is 3.06 bits per heavy atom. The molecule has 0 radical (unpaired) electrons. The van der Waals surface area contributed by atoms with Crippen LogP contribution in [0.25, 0.3) is 5.57 Å². The molecule has 1 N–H and O–H groups in total. The number of rotatable bonds is 1. The van der Waals surface area contributed by atoms with E-state index in [1.807, 2.05) is 11.6 Å². The van der Waals surface area contributed by atoms with Crippen molar-refractivity contribution in [3.63, 3.8) is 0 Å². The number of carbonyl (C=O) groups is 1. The highest BCUT2D eigenvalue weighted by Gasteiger charge is 2.26. The van der Waals surface area contributed by atoms with Gasteiger partial charge in [0.05, 0.1) is 12.2 Å². The maximum atomic E-state index is 12.0. The maximum absolute atomic E-state index is 12.0. The van der Waals surface area contributed by atoms with Crippen LogP contribution in [0.2, 0.25) is 0 Å². The minimum atomic E-state index is 0.0262. The van der Waals surface area contributed by atoms with Crippen LogP contribution in [0, 0.1) is 6.92 Å². The van der Waals surface area contributed by atoms with Crippen molar-refractivity contribution in [1.82, 2.24) is 15.1 Å². The molecule has 90 valence electrons. The maximum Gasteiger partial charge on any atom is 0.270 e. The largest absolute Gasteiger partial charge is 0.349 e. The van der Waals surface area contributed by atoms with Gasteiger partial charge in [-0.1, -0.05) is 6.08 Å². The van der Waals surface area contributed by atoms with Gasteiger partial charge in [0.1, 0.15) is 5.69 Å². The Labute approximate surface area is 101 Å². The summed E-state index contributed by atoms with van der Waals surface area (Å²) in [6.45, 7) is 3.48. The third kappa shape index (κ3) is 1.68. The Bertz CT molecular complexity index is 499. The Balaban J connectivity index is 2.12. The van der Waals surface area contributed by atoms with E-state index in [9.17, 15) is 4.79 Å². The molecule has 0 saturated carbocycles. The van der Waals surface area contributed by atoms with Crippen molar-refractivity contribution in [2.75, 3.05) is 6.54 Å². The van der Waals surface area contributed by atoms with Gasteiger partial charge < -0.3 is 5.32 Å². The van der Waals surface area contributed by atoms with E-state index in [-0.39, 0.29) is 5.91 Å². The molecule has 1 aromatic rings. The molecule has 3 rings (SSSR count). The molecule has 2 heterocycles. The van der Waals surface area contributed by atoms with E-state index in [2.05, 4.69) is 16.5 Å². The predicted octanol–water partition coefficient (Wildman–Crippen LogP) is 1.89. The standard InChI is InChI=1S/C13H17N3O/c1-9-11(10-5-3-2-4-6-10)12-13(17)14-7-8-16(12)15-9/h5H,2-4,6-8H2,1H3,(H,14,17). The van der Waals surface area contributed by atoms with Crippen LogP contribution in [0.4, 0.5) is 0 Å². The Hall–Kier alpha value is -1.58. The topological polar surface area (TPSA) is 46.9 Å². The van der Waals surface area contributed by atoms with E-state index in [1.165, 1.54) is 18.4 Å². The van der Waals surface area contributed by atoms with E-state index in [0.29, 0.717) is 6.54 Å². The second-order valence-electron chi connectivity index (χ2n) is 4.76. The molecule has 1 amide bonds. The molecule has 0 bridgehead atoms. The normalized spacial score (nSPS) is 19.6. The average Bonchev–Trinajstić information content (AvgIpc) is 2.68. The van der Waals surface area contributed by atoms with Gasteiger partial charge in [-0.25, -0.2) is 0 Å². The van der Waals surface area contributed by atoms with Gasteiger partial charge in [-0.05, 0) is 38.2 Å². The predicted molar refractivity (Wildman–Crippen MR) is 65.7 cm³/mol. The van der Waals surface area contributed by atoms with Crippen LogP contribution in [0.1, 0.15) is 47.4 Å². The average molecular weight is 231 g/mol. The second kappa shape index (κ2) is 4.02. The van der Waals surface area contributed by atoms with Crippen LogP contribution in [0.15, 0.2) is 6.08 Å². The van der Waals surface area contributed by atoms with Crippen molar-refractivity contribution in [2.24, 2.45) is 0 Å². The number of nitrogens with zero attached hydrogens (tertiary/aromatic N) is 2. The molecule has 4 heteroatoms. The molecule has 0 atom stereocenters. The lowest BCUT2D eigenvalue weighted by Crippen LogP contribution is -2.36. The van der Waals surface area contributed by atoms with Crippen molar-refractivity contribution in [3.8, 4) is 0 Å². The minimum Gasteiger partial charge on any atom is -0.349 e. The van der Waals surface area contributed by atoms with Crippen LogP contribution < -0.4 is 5.32 Å². The SMILES string of the molecule is Cc1nn2c(c1C1=CCCCC1)C(=O)NCC2. The first-order chi connectivity index (χ1) is 8.27. The zero-order chi connectivity index (χ0) is 11.8. The Morgan fingerprint density at radius 1 is 1.41 bits per heavy atom. The van der Waals surface area contributed by atoms with Crippen LogP contribution in [-0.4, -0.2) is 22.2 Å². The zero-order valence-electron chi connectivity index (χ0n) is 10.1. The summed E-state index contributed by atoms with van der Waals surface area (Å²) in [6, 6.07) is 0. The van der Waals surface area contributed by atoms with Crippen LogP contribution >= 0.6 is 0 Å². The fourth-order valence-electron chi connectivity index (χ4n) is 2.78. The number of hydrogen-bond acceptors (Lipinski definition) is 2. The highest BCUT2D eigenvalue weighted by molar-refractivity contribution is 5.98. The number of amides is 1. The van der Waals surface area contributed by atoms with Crippen LogP contribution in [0.3, 0.4) is 0 Å². The lowest BCUT2D eigenvalue weighted by Gasteiger charge is -2.18. The molecule has 2 aliphatic rings. The number of hydrogen-bond donors (Lipinski definition) is 1. The minimum absolute atomic E-state index is 0.0262. The Kier molecular flexibility index (Phi) is 2.50. The molecule has 17 heavy (non-hydrogen) atoms. The molecule has 0 fully saturated rings. The van der Waals surface area contributed by atoms with Crippen molar-refractivity contribution in [1.29, 1.82) is 0 Å². The van der Waals surface area contributed by atoms with E-state index in [0.717, 1.165) is 36.3 Å². The van der Waals surface area contributed by atoms with Crippen LogP contribution in [-0.2, 0) is 6.54 Å². The Morgan fingerprint density at radius 2 is 2.29 bits per heavy atom. The molecule has 4 nitrogen and oxygen atoms in total. The third-order valence-electron chi connectivity index (χ3n) is 3.56. The van der Waals surface area contributed by atoms with Gasteiger partial charge in [-0.2, -0.15) is 5.10 Å². The van der Waals surface area contributed by atoms with Gasteiger partial charge in [0, 0.05) is 12.1 Å². The third-order valence-corrected chi connectivity index (χ3v) is 3.56. The summed E-state index contributed by atoms with van der Waals surface area (Å²) in [5.41, 5.74) is 4.15. The highest BCUT2D eigenvalue weighted by atomic mass is 16.2. The fraction of sp³-hybridized carbons (Fsp3) is 0.538. The lowest BCUT2D eigenvalue weighted by molar-refractivity contribution is 0.0924. The highest BCUT2D eigenvalue weighted by Crippen LogP contribution is 2.31. The smallest absolute Gasteiger partial charge is 0.270 e. The number of aromatic nitrogens is 2. The number of carbonyl (C=O) groups excluding carboxylic acids is 1. The summed E-state index contributed by atoms with van der Waals surface area (Å²) in [5.74, 6) is 0.0262. The molecule has 1 aliphatic heterocycles. The van der Waals surface area contributed by atoms with E-state index >= 15 is 0 Å². The molecule has 0 spiro atoms. The molecular formula is C13H17N3O. The summed E-state index contributed by atoms with van der Waals surface area (Å²) < 4.78 is 1.86. The molecular weight excluding hydrogens is 214 g/mol. The summed E-state index contributed by atoms with van der Waals surface area (Å²) in [5, 5.41) is 7.40. The van der Waals surface area contributed by atoms with E-state index in [4.69, 9.17) is 0 Å². The van der Waals surface area contributed by atoms with Crippen molar-refractivity contribution < 1.29 is 4.79 Å². The van der Waals surface area contributed by atoms with Crippen molar-refractivity contribution >= 4 is 11.5 Å². The van der Waals surface area contributed by atoms with Gasteiger partial charge in [-0.3, -0.25) is 9.48 Å². The quantitative estimate of drug-likeness (QED) is 0.802. The molecule has 0 unspecified atom stereocenters. The van der Waals surface area contributed by atoms with Crippen molar-refractivity contribution in [2.45, 2.75) is 39.2 Å². The van der Waals surface area contributed by atoms with Gasteiger partial charge in [-0.15, -0.1) is 0 Å². The molecule has 1 aromatic heterocycles. The summed E-state index contributed by atoms with van der Waals surface area (Å²) >= 11 is 0. The fourth-order valence-corrected chi connectivity index (χ4v) is 2.78. The molecule has 0 aromatic carbocycles. The lowest BCUT2D eigenvalue weighted by atomic mass is 9.92. The molecule has 0 saturated heterocycles. The van der Waals surface area contributed by atoms with Crippen LogP contribution in [0.5, 0.6) is 0 Å². The van der Waals surface area contributed by atoms with Gasteiger partial charge in [0.2, 0.25) is 0 Å². The van der Waals surface area contributed by atoms with E-state index in [1.54, 1.807) is 0 Å². The molecule has 1 aliphatic carbocycles.